The van der Waals surface area contributed by atoms with Gasteiger partial charge in [-0.15, -0.1) is 0 Å². The number of non-ortho nitro benzene ring substituents is 1. The van der Waals surface area contributed by atoms with Crippen LogP contribution in [-0.2, 0) is 9.59 Å². The molecule has 2 atom stereocenters. The maximum Gasteiger partial charge on any atom is 0.270 e. The quantitative estimate of drug-likeness (QED) is 0.172. The number of imide groups is 1. The number of benzene rings is 3. The van der Waals surface area contributed by atoms with Gasteiger partial charge in [0, 0.05) is 29.5 Å². The predicted octanol–water partition coefficient (Wildman–Crippen LogP) is 5.08. The van der Waals surface area contributed by atoms with Crippen LogP contribution in [0.4, 0.5) is 5.69 Å². The summed E-state index contributed by atoms with van der Waals surface area (Å²) in [5.74, 6) is -1.26. The number of hydrogen-bond donors (Lipinski definition) is 0. The van der Waals surface area contributed by atoms with E-state index in [1.807, 2.05) is 24.3 Å². The summed E-state index contributed by atoms with van der Waals surface area (Å²) in [6.45, 7) is 0. The average Bonchev–Trinajstić information content (AvgIpc) is 3.50. The molecule has 180 valence electrons. The van der Waals surface area contributed by atoms with E-state index < -0.39 is 16.8 Å². The molecule has 2 bridgehead atoms. The Morgan fingerprint density at radius 2 is 1.35 bits per heavy atom. The van der Waals surface area contributed by atoms with Crippen LogP contribution < -0.4 is 0 Å². The van der Waals surface area contributed by atoms with E-state index in [0.717, 1.165) is 27.3 Å². The third kappa shape index (κ3) is 3.05. The molecular weight excluding hydrogens is 470 g/mol. The number of nitrogens with zero attached hydrogens (tertiary/aromatic N) is 3. The van der Waals surface area contributed by atoms with Gasteiger partial charge in [-0.3, -0.25) is 19.7 Å². The van der Waals surface area contributed by atoms with Crippen molar-refractivity contribution < 1.29 is 18.9 Å². The van der Waals surface area contributed by atoms with Gasteiger partial charge >= 0.3 is 0 Å². The zero-order valence-electron chi connectivity index (χ0n) is 19.4. The van der Waals surface area contributed by atoms with Gasteiger partial charge in [-0.25, -0.2) is 0 Å². The molecule has 1 aromatic heterocycles. The van der Waals surface area contributed by atoms with E-state index in [9.17, 15) is 19.7 Å². The summed E-state index contributed by atoms with van der Waals surface area (Å²) in [4.78, 5) is 37.8. The first-order chi connectivity index (χ1) is 18.0. The van der Waals surface area contributed by atoms with Gasteiger partial charge in [0.15, 0.2) is 0 Å². The number of hydrazone groups is 1. The lowest BCUT2D eigenvalue weighted by Crippen LogP contribution is -2.41. The molecule has 8 rings (SSSR count). The number of furan rings is 1. The molecule has 0 saturated carbocycles. The minimum absolute atomic E-state index is 0.0448. The molecule has 3 aliphatic carbocycles. The van der Waals surface area contributed by atoms with Crippen molar-refractivity contribution in [2.75, 3.05) is 0 Å². The second-order valence-corrected chi connectivity index (χ2v) is 9.51. The van der Waals surface area contributed by atoms with Gasteiger partial charge in [0.1, 0.15) is 11.5 Å². The van der Waals surface area contributed by atoms with E-state index in [4.69, 9.17) is 4.42 Å². The minimum atomic E-state index is -0.503. The third-order valence-corrected chi connectivity index (χ3v) is 7.69. The number of amides is 2. The summed E-state index contributed by atoms with van der Waals surface area (Å²) in [7, 11) is 0. The first-order valence-electron chi connectivity index (χ1n) is 12.0. The van der Waals surface area contributed by atoms with Crippen molar-refractivity contribution in [1.29, 1.82) is 0 Å². The molecule has 1 aliphatic heterocycles. The van der Waals surface area contributed by atoms with Crippen LogP contribution in [0.3, 0.4) is 0 Å². The fourth-order valence-corrected chi connectivity index (χ4v) is 6.24. The van der Waals surface area contributed by atoms with Crippen molar-refractivity contribution in [2.24, 2.45) is 16.9 Å². The van der Waals surface area contributed by atoms with Crippen LogP contribution in [0.15, 0.2) is 94.4 Å². The van der Waals surface area contributed by atoms with Crippen LogP contribution in [0.25, 0.3) is 11.3 Å². The smallest absolute Gasteiger partial charge is 0.270 e. The van der Waals surface area contributed by atoms with Gasteiger partial charge in [-0.05, 0) is 34.4 Å². The van der Waals surface area contributed by atoms with Gasteiger partial charge in [0.2, 0.25) is 0 Å². The third-order valence-electron chi connectivity index (χ3n) is 7.69. The summed E-state index contributed by atoms with van der Waals surface area (Å²) < 4.78 is 5.79. The highest BCUT2D eigenvalue weighted by molar-refractivity contribution is 6.08. The monoisotopic (exact) mass is 489 g/mol. The molecule has 0 N–H and O–H groups in total. The number of hydrogen-bond acceptors (Lipinski definition) is 6. The van der Waals surface area contributed by atoms with Crippen LogP contribution in [0, 0.1) is 22.0 Å². The first-order valence-corrected chi connectivity index (χ1v) is 12.0. The minimum Gasteiger partial charge on any atom is -0.455 e. The molecule has 37 heavy (non-hydrogen) atoms. The highest BCUT2D eigenvalue weighted by Crippen LogP contribution is 2.60. The number of nitro groups is 1. The Bertz CT molecular complexity index is 1540. The largest absolute Gasteiger partial charge is 0.455 e. The Hall–Kier alpha value is -4.85. The van der Waals surface area contributed by atoms with Gasteiger partial charge < -0.3 is 4.42 Å². The van der Waals surface area contributed by atoms with Gasteiger partial charge in [0.25, 0.3) is 17.5 Å². The van der Waals surface area contributed by atoms with Crippen molar-refractivity contribution in [3.63, 3.8) is 0 Å². The van der Waals surface area contributed by atoms with Crippen molar-refractivity contribution in [3.05, 3.63) is 123 Å². The topological polar surface area (TPSA) is 106 Å². The summed E-state index contributed by atoms with van der Waals surface area (Å²) in [5, 5.41) is 16.3. The summed E-state index contributed by atoms with van der Waals surface area (Å²) >= 11 is 0. The normalized spacial score (nSPS) is 23.3. The SMILES string of the molecule is O=C1C2C3c4ccccc4C(c4ccccc43)C2C(=O)N1/N=C/c1ccc(-c2cccc([N+](=O)[O-])c2)o1. The van der Waals surface area contributed by atoms with Gasteiger partial charge in [0.05, 0.1) is 23.0 Å². The van der Waals surface area contributed by atoms with E-state index in [1.54, 1.807) is 24.3 Å². The highest BCUT2D eigenvalue weighted by atomic mass is 16.6. The van der Waals surface area contributed by atoms with E-state index in [-0.39, 0.29) is 29.3 Å². The number of nitro benzene ring substituents is 1. The standard InChI is InChI=1S/C29H19N3O5/c33-28-26-24-19-8-1-2-9-20(19)25(22-11-4-3-10-21(22)24)27(26)29(34)31(28)30-15-18-12-13-23(37-18)16-6-5-7-17(14-16)32(35)36/h1-15,24-27H/b30-15+. The second-order valence-electron chi connectivity index (χ2n) is 9.51. The summed E-state index contributed by atoms with van der Waals surface area (Å²) in [5.41, 5.74) is 4.91. The van der Waals surface area contributed by atoms with Crippen molar-refractivity contribution >= 4 is 23.7 Å². The Labute approximate surface area is 211 Å². The zero-order valence-corrected chi connectivity index (χ0v) is 19.4. The Balaban J connectivity index is 1.21. The predicted molar refractivity (Wildman–Crippen MR) is 134 cm³/mol. The molecule has 4 aliphatic rings. The highest BCUT2D eigenvalue weighted by Gasteiger charge is 2.61. The molecule has 4 aromatic rings. The fourth-order valence-electron chi connectivity index (χ4n) is 6.24. The lowest BCUT2D eigenvalue weighted by atomic mass is 9.55. The van der Waals surface area contributed by atoms with Crippen molar-refractivity contribution in [2.45, 2.75) is 11.8 Å². The fraction of sp³-hybridized carbons (Fsp3) is 0.138. The van der Waals surface area contributed by atoms with Crippen LogP contribution >= 0.6 is 0 Å². The molecule has 0 spiro atoms. The lowest BCUT2D eigenvalue weighted by molar-refractivity contribution is -0.384. The van der Waals surface area contributed by atoms with Crippen molar-refractivity contribution in [1.82, 2.24) is 5.01 Å². The molecule has 2 heterocycles. The molecule has 1 fully saturated rings. The van der Waals surface area contributed by atoms with Gasteiger partial charge in [-0.1, -0.05) is 60.7 Å². The number of carbonyl (C=O) groups excluding carboxylic acids is 2. The molecule has 2 amide bonds. The van der Waals surface area contributed by atoms with E-state index >= 15 is 0 Å². The maximum atomic E-state index is 13.6. The summed E-state index contributed by atoms with van der Waals surface area (Å²) in [6.07, 6.45) is 1.34. The molecule has 1 saturated heterocycles. The molecule has 8 heteroatoms. The number of carbonyl (C=O) groups is 2. The van der Waals surface area contributed by atoms with Crippen LogP contribution in [0.2, 0.25) is 0 Å². The lowest BCUT2D eigenvalue weighted by Gasteiger charge is -2.45. The number of rotatable bonds is 4. The molecular formula is C29H19N3O5. The molecule has 3 aromatic carbocycles. The average molecular weight is 489 g/mol. The Kier molecular flexibility index (Phi) is 4.53. The maximum absolute atomic E-state index is 13.6. The van der Waals surface area contributed by atoms with Crippen LogP contribution in [-0.4, -0.2) is 28.0 Å². The van der Waals surface area contributed by atoms with E-state index in [0.29, 0.717) is 17.1 Å². The van der Waals surface area contributed by atoms with Gasteiger partial charge in [-0.2, -0.15) is 10.1 Å². The summed E-state index contributed by atoms with van der Waals surface area (Å²) in [6, 6.07) is 25.6. The van der Waals surface area contributed by atoms with E-state index in [2.05, 4.69) is 29.4 Å². The van der Waals surface area contributed by atoms with E-state index in [1.165, 1.54) is 18.3 Å². The molecule has 2 unspecified atom stereocenters. The van der Waals surface area contributed by atoms with Crippen LogP contribution in [0.1, 0.15) is 39.8 Å². The Morgan fingerprint density at radius 1 is 0.784 bits per heavy atom. The van der Waals surface area contributed by atoms with Crippen molar-refractivity contribution in [3.8, 4) is 11.3 Å². The second kappa shape index (κ2) is 7.83. The Morgan fingerprint density at radius 3 is 1.89 bits per heavy atom. The first kappa shape index (κ1) is 21.4. The molecule has 0 radical (unpaired) electrons. The molecule has 8 nitrogen and oxygen atoms in total. The van der Waals surface area contributed by atoms with Crippen LogP contribution in [0.5, 0.6) is 0 Å². The zero-order chi connectivity index (χ0) is 25.3.